The summed E-state index contributed by atoms with van der Waals surface area (Å²) in [5, 5.41) is 18.1. The summed E-state index contributed by atoms with van der Waals surface area (Å²) >= 11 is 0. The third kappa shape index (κ3) is 8.99. The number of ether oxygens (including phenoxy) is 2. The van der Waals surface area contributed by atoms with Gasteiger partial charge in [-0.2, -0.15) is 10.2 Å². The highest BCUT2D eigenvalue weighted by molar-refractivity contribution is 6.03. The normalized spacial score (nSPS) is 15.3. The summed E-state index contributed by atoms with van der Waals surface area (Å²) < 4.78 is 16.9. The van der Waals surface area contributed by atoms with Crippen LogP contribution in [0.5, 0.6) is 5.75 Å². The Morgan fingerprint density at radius 1 is 0.950 bits per heavy atom. The van der Waals surface area contributed by atoms with Crippen molar-refractivity contribution in [2.24, 2.45) is 5.84 Å². The molecule has 0 radical (unpaired) electrons. The van der Waals surface area contributed by atoms with Crippen molar-refractivity contribution < 1.29 is 28.7 Å². The van der Waals surface area contributed by atoms with Gasteiger partial charge in [0.25, 0.3) is 17.7 Å². The number of rotatable bonds is 17. The average Bonchev–Trinajstić information content (AvgIpc) is 4.02. The number of benzene rings is 1. The first-order valence-corrected chi connectivity index (χ1v) is 19.9. The number of morpholine rings is 1. The van der Waals surface area contributed by atoms with Gasteiger partial charge in [0, 0.05) is 57.6 Å². The van der Waals surface area contributed by atoms with E-state index in [1.807, 2.05) is 49.3 Å². The third-order valence-corrected chi connectivity index (χ3v) is 10.2. The van der Waals surface area contributed by atoms with Crippen LogP contribution >= 0.6 is 0 Å². The van der Waals surface area contributed by atoms with Gasteiger partial charge in [-0.15, -0.1) is 0 Å². The van der Waals surface area contributed by atoms with Crippen molar-refractivity contribution in [2.75, 3.05) is 61.5 Å². The first kappa shape index (κ1) is 41.5. The zero-order chi connectivity index (χ0) is 42.3. The molecular weight excluding hydrogens is 773 g/mol. The summed E-state index contributed by atoms with van der Waals surface area (Å²) in [6.45, 7) is 13.3. The van der Waals surface area contributed by atoms with Crippen LogP contribution in [0.15, 0.2) is 48.7 Å². The molecule has 1 fully saturated rings. The number of hydrogen-bond donors (Lipinski definition) is 5. The van der Waals surface area contributed by atoms with Gasteiger partial charge in [-0.1, -0.05) is 12.2 Å². The molecule has 0 saturated carbocycles. The highest BCUT2D eigenvalue weighted by Crippen LogP contribution is 2.33. The molecule has 6 N–H and O–H groups in total. The lowest BCUT2D eigenvalue weighted by atomic mass is 10.2. The molecular formula is C40H50N14O6. The molecule has 1 atom stereocenters. The topological polar surface area (TPSA) is 234 Å². The van der Waals surface area contributed by atoms with Crippen molar-refractivity contribution in [3.05, 3.63) is 82.6 Å². The van der Waals surface area contributed by atoms with Crippen molar-refractivity contribution >= 4 is 52.5 Å². The number of nitrogens with one attached hydrogen (secondary N) is 4. The van der Waals surface area contributed by atoms with Crippen LogP contribution in [0.4, 0.5) is 17.5 Å². The van der Waals surface area contributed by atoms with Crippen LogP contribution in [0.2, 0.25) is 0 Å². The molecule has 5 aromatic rings. The molecule has 0 aliphatic carbocycles. The minimum absolute atomic E-state index is 0.228. The first-order chi connectivity index (χ1) is 29.1. The monoisotopic (exact) mass is 822 g/mol. The zero-order valence-corrected chi connectivity index (χ0v) is 34.1. The largest absolute Gasteiger partial charge is 0.491 e. The smallest absolute Gasteiger partial charge is 0.276 e. The number of pyridine rings is 1. The van der Waals surface area contributed by atoms with Gasteiger partial charge in [0.05, 0.1) is 48.0 Å². The van der Waals surface area contributed by atoms with Crippen molar-refractivity contribution in [1.29, 1.82) is 0 Å². The highest BCUT2D eigenvalue weighted by Gasteiger charge is 2.32. The lowest BCUT2D eigenvalue weighted by molar-refractivity contribution is 0.0358. The van der Waals surface area contributed by atoms with Crippen molar-refractivity contribution in [3.63, 3.8) is 0 Å². The standard InChI is InChI=1S/C40H50N14O6/c1-5-53-31(18-25(3)48-53)37(57)45-39-43-29-20-27(24-55)21-33(60-15-9-10-50-13-16-59-17-14-50)34(29)51(39)11-7-8-12-52-35-30(22-28(23-42-35)36(56)47-41)44-40(52)46-38(58)32-19-26(4)49-54(32)6-2/h7-8,18-24,40,44H,5-6,9-17,41H2,1-4H3,(H,46,58)(H,47,56)(H,43,45,57)/b8-7+. The summed E-state index contributed by atoms with van der Waals surface area (Å²) in [4.78, 5) is 65.3. The van der Waals surface area contributed by atoms with Crippen LogP contribution in [0.1, 0.15) is 73.3 Å². The number of fused-ring (bicyclic) bond motifs is 2. The van der Waals surface area contributed by atoms with Crippen molar-refractivity contribution in [2.45, 2.75) is 60.0 Å². The minimum atomic E-state index is -0.753. The zero-order valence-electron chi connectivity index (χ0n) is 34.1. The quantitative estimate of drug-likeness (QED) is 0.0227. The predicted octanol–water partition coefficient (Wildman–Crippen LogP) is 2.45. The Bertz CT molecular complexity index is 2410. The summed E-state index contributed by atoms with van der Waals surface area (Å²) in [5.41, 5.74) is 6.51. The fraction of sp³-hybridized carbons (Fsp3) is 0.400. The number of nitrogens with zero attached hydrogens (tertiary/aromatic N) is 9. The maximum absolute atomic E-state index is 13.7. The van der Waals surface area contributed by atoms with Gasteiger partial charge in [0.2, 0.25) is 5.95 Å². The van der Waals surface area contributed by atoms with E-state index in [0.717, 1.165) is 32.3 Å². The summed E-state index contributed by atoms with van der Waals surface area (Å²) in [6.07, 6.45) is 5.95. The fourth-order valence-corrected chi connectivity index (χ4v) is 7.32. The van der Waals surface area contributed by atoms with Crippen LogP contribution < -0.4 is 36.9 Å². The molecule has 0 bridgehead atoms. The minimum Gasteiger partial charge on any atom is -0.491 e. The number of carbonyl (C=O) groups is 4. The number of hydrogen-bond acceptors (Lipinski definition) is 14. The Balaban J connectivity index is 1.18. The number of nitrogen functional groups attached to an aromatic ring is 1. The van der Waals surface area contributed by atoms with Crippen LogP contribution in [0.25, 0.3) is 11.0 Å². The molecule has 6 heterocycles. The number of imidazole rings is 1. The molecule has 1 aromatic carbocycles. The van der Waals surface area contributed by atoms with E-state index < -0.39 is 18.1 Å². The number of amides is 3. The molecule has 3 amide bonds. The Kier molecular flexibility index (Phi) is 12.8. The molecule has 7 rings (SSSR count). The second-order valence-electron chi connectivity index (χ2n) is 14.3. The number of anilines is 3. The van der Waals surface area contributed by atoms with Gasteiger partial charge < -0.3 is 29.6 Å². The number of nitrogens with two attached hydrogens (primary N) is 1. The van der Waals surface area contributed by atoms with Gasteiger partial charge >= 0.3 is 0 Å². The molecule has 0 spiro atoms. The van der Waals surface area contributed by atoms with E-state index in [-0.39, 0.29) is 30.5 Å². The molecule has 20 heteroatoms. The Morgan fingerprint density at radius 2 is 1.65 bits per heavy atom. The number of hydrazine groups is 1. The maximum Gasteiger partial charge on any atom is 0.276 e. The number of aromatic nitrogens is 7. The third-order valence-electron chi connectivity index (χ3n) is 10.2. The number of aldehydes is 1. The second kappa shape index (κ2) is 18.5. The molecule has 4 aromatic heterocycles. The van der Waals surface area contributed by atoms with Gasteiger partial charge in [-0.25, -0.2) is 15.8 Å². The number of aryl methyl sites for hydroxylation is 4. The van der Waals surface area contributed by atoms with Crippen LogP contribution in [0.3, 0.4) is 0 Å². The van der Waals surface area contributed by atoms with Crippen LogP contribution in [-0.2, 0) is 24.4 Å². The Morgan fingerprint density at radius 3 is 2.33 bits per heavy atom. The van der Waals surface area contributed by atoms with E-state index in [2.05, 4.69) is 41.5 Å². The Hall–Kier alpha value is -6.64. The van der Waals surface area contributed by atoms with Gasteiger partial charge in [-0.05, 0) is 64.4 Å². The molecule has 2 aliphatic heterocycles. The lowest BCUT2D eigenvalue weighted by Gasteiger charge is -2.26. The van der Waals surface area contributed by atoms with E-state index in [0.29, 0.717) is 89.5 Å². The molecule has 1 saturated heterocycles. The SMILES string of the molecule is CCn1nc(C)cc1C(=O)Nc1nc2cc(C=O)cc(OCCCN3CCOCC3)c2n1C/C=C/CN1c2ncc(C(=O)NN)cc2NC1NC(=O)c1cc(C)nn1CC. The van der Waals surface area contributed by atoms with E-state index in [4.69, 9.17) is 20.3 Å². The summed E-state index contributed by atoms with van der Waals surface area (Å²) in [5.74, 6) is 5.32. The average molecular weight is 823 g/mol. The van der Waals surface area contributed by atoms with Crippen LogP contribution in [0, 0.1) is 13.8 Å². The van der Waals surface area contributed by atoms with Crippen LogP contribution in [-0.4, -0.2) is 115 Å². The summed E-state index contributed by atoms with van der Waals surface area (Å²) in [6, 6.07) is 8.39. The van der Waals surface area contributed by atoms with Gasteiger partial charge in [0.15, 0.2) is 12.1 Å². The maximum atomic E-state index is 13.7. The lowest BCUT2D eigenvalue weighted by Crippen LogP contribution is -2.50. The van der Waals surface area contributed by atoms with E-state index in [1.54, 1.807) is 39.7 Å². The fourth-order valence-electron chi connectivity index (χ4n) is 7.32. The molecule has 316 valence electrons. The Labute approximate surface area is 346 Å². The predicted molar refractivity (Wildman–Crippen MR) is 223 cm³/mol. The van der Waals surface area contributed by atoms with E-state index in [1.165, 1.54) is 6.20 Å². The summed E-state index contributed by atoms with van der Waals surface area (Å²) in [7, 11) is 0. The number of allylic oxidation sites excluding steroid dienone is 1. The van der Waals surface area contributed by atoms with E-state index >= 15 is 0 Å². The first-order valence-electron chi connectivity index (χ1n) is 19.9. The van der Waals surface area contributed by atoms with E-state index in [9.17, 15) is 19.2 Å². The van der Waals surface area contributed by atoms with Crippen molar-refractivity contribution in [3.8, 4) is 5.75 Å². The second-order valence-corrected chi connectivity index (χ2v) is 14.3. The van der Waals surface area contributed by atoms with Crippen molar-refractivity contribution in [1.82, 2.24) is 49.7 Å². The van der Waals surface area contributed by atoms with Gasteiger partial charge in [-0.3, -0.25) is 44.2 Å². The van der Waals surface area contributed by atoms with Gasteiger partial charge in [0.1, 0.15) is 28.9 Å². The molecule has 60 heavy (non-hydrogen) atoms. The highest BCUT2D eigenvalue weighted by atomic mass is 16.5. The molecule has 1 unspecified atom stereocenters. The number of carbonyl (C=O) groups excluding carboxylic acids is 4. The molecule has 2 aliphatic rings. The molecule has 20 nitrogen and oxygen atoms in total.